The molecule has 2 aliphatic heterocycles. The van der Waals surface area contributed by atoms with Crippen molar-refractivity contribution in [3.8, 4) is 17.0 Å². The smallest absolute Gasteiger partial charge is 0.255 e. The molecule has 1 spiro atoms. The highest BCUT2D eigenvalue weighted by Gasteiger charge is 2.51. The number of nitrogens with zero attached hydrogens (tertiary/aromatic N) is 1. The summed E-state index contributed by atoms with van der Waals surface area (Å²) in [5.41, 5.74) is 5.81. The summed E-state index contributed by atoms with van der Waals surface area (Å²) in [7, 11) is 0. The molecule has 3 aromatic rings. The monoisotopic (exact) mass is 508 g/mol. The molecule has 188 valence electrons. The molecule has 2 aromatic heterocycles. The molecule has 4 heterocycles. The molecule has 36 heavy (non-hydrogen) atoms. The van der Waals surface area contributed by atoms with Crippen LogP contribution < -0.4 is 15.4 Å². The zero-order valence-electron chi connectivity index (χ0n) is 20.2. The molecule has 3 N–H and O–H groups in total. The number of amides is 1. The number of aromatic nitrogens is 2. The molecule has 1 saturated heterocycles. The van der Waals surface area contributed by atoms with Crippen molar-refractivity contribution in [1.29, 1.82) is 0 Å². The number of halogens is 1. The predicted molar refractivity (Wildman–Crippen MR) is 137 cm³/mol. The minimum Gasteiger partial charge on any atom is -0.488 e. The van der Waals surface area contributed by atoms with E-state index < -0.39 is 0 Å². The summed E-state index contributed by atoms with van der Waals surface area (Å²) in [6.07, 6.45) is 6.13. The molecule has 6 rings (SSSR count). The Kier molecular flexibility index (Phi) is 6.11. The van der Waals surface area contributed by atoms with E-state index in [-0.39, 0.29) is 17.4 Å². The van der Waals surface area contributed by atoms with Crippen LogP contribution in [-0.2, 0) is 21.3 Å². The molecule has 1 aromatic carbocycles. The Bertz CT molecular complexity index is 1300. The van der Waals surface area contributed by atoms with Crippen molar-refractivity contribution in [2.75, 3.05) is 38.3 Å². The summed E-state index contributed by atoms with van der Waals surface area (Å²) < 4.78 is 17.4. The second-order valence-corrected chi connectivity index (χ2v) is 9.99. The number of pyridine rings is 1. The van der Waals surface area contributed by atoms with Crippen molar-refractivity contribution in [3.63, 3.8) is 0 Å². The largest absolute Gasteiger partial charge is 0.488 e. The number of aromatic amines is 1. The molecule has 1 aliphatic carbocycles. The second kappa shape index (κ2) is 9.42. The number of carbonyl (C=O) groups excluding carboxylic acids is 1. The lowest BCUT2D eigenvalue weighted by molar-refractivity contribution is -0.101. The van der Waals surface area contributed by atoms with E-state index in [1.807, 2.05) is 24.3 Å². The summed E-state index contributed by atoms with van der Waals surface area (Å²) in [5, 5.41) is 7.37. The first-order valence-corrected chi connectivity index (χ1v) is 12.8. The Balaban J connectivity index is 1.44. The van der Waals surface area contributed by atoms with Gasteiger partial charge in [-0.1, -0.05) is 24.6 Å². The summed E-state index contributed by atoms with van der Waals surface area (Å²) in [6.45, 7) is 4.72. The van der Waals surface area contributed by atoms with Gasteiger partial charge in [-0.25, -0.2) is 0 Å². The Morgan fingerprint density at radius 2 is 2.17 bits per heavy atom. The molecule has 0 bridgehead atoms. The standard InChI is InChI=1S/C27H29ClN4O4/c1-2-17-19(28)4-3-5-20(17)31-24-22-25(27(7-8-27)15-30-26(22)33)32-23(24)18-6-9-29-12-21(18)36-14-16-13-34-10-11-35-16/h3-6,9,12,16,31-32H,2,7-8,10-11,13-15H2,1H3,(H,30,33). The molecule has 8 nitrogen and oxygen atoms in total. The number of carbonyl (C=O) groups is 1. The van der Waals surface area contributed by atoms with Gasteiger partial charge in [-0.15, -0.1) is 0 Å². The van der Waals surface area contributed by atoms with Crippen LogP contribution in [-0.4, -0.2) is 55.0 Å². The van der Waals surface area contributed by atoms with Gasteiger partial charge in [0.25, 0.3) is 5.91 Å². The number of benzene rings is 1. The second-order valence-electron chi connectivity index (χ2n) is 9.58. The lowest BCUT2D eigenvalue weighted by Gasteiger charge is -2.23. The fourth-order valence-corrected chi connectivity index (χ4v) is 5.45. The van der Waals surface area contributed by atoms with Crippen LogP contribution in [0.25, 0.3) is 11.3 Å². The minimum atomic E-state index is -0.139. The first kappa shape index (κ1) is 23.3. The van der Waals surface area contributed by atoms with E-state index in [2.05, 4.69) is 27.5 Å². The Hall–Kier alpha value is -3.07. The van der Waals surface area contributed by atoms with E-state index >= 15 is 0 Å². The maximum Gasteiger partial charge on any atom is 0.255 e. The third kappa shape index (κ3) is 4.13. The van der Waals surface area contributed by atoms with Crippen LogP contribution >= 0.6 is 11.6 Å². The van der Waals surface area contributed by atoms with Gasteiger partial charge >= 0.3 is 0 Å². The lowest BCUT2D eigenvalue weighted by Crippen LogP contribution is -2.39. The van der Waals surface area contributed by atoms with Crippen molar-refractivity contribution in [3.05, 3.63) is 58.5 Å². The van der Waals surface area contributed by atoms with Crippen molar-refractivity contribution in [1.82, 2.24) is 15.3 Å². The maximum atomic E-state index is 13.2. The molecule has 1 amide bonds. The number of rotatable bonds is 7. The fourth-order valence-electron chi connectivity index (χ4n) is 5.14. The van der Waals surface area contributed by atoms with Crippen molar-refractivity contribution < 1.29 is 19.0 Å². The van der Waals surface area contributed by atoms with Crippen molar-refractivity contribution >= 4 is 28.9 Å². The van der Waals surface area contributed by atoms with E-state index in [4.69, 9.17) is 25.8 Å². The number of hydrogen-bond donors (Lipinski definition) is 3. The van der Waals surface area contributed by atoms with Gasteiger partial charge in [-0.05, 0) is 43.0 Å². The van der Waals surface area contributed by atoms with Gasteiger partial charge in [-0.2, -0.15) is 0 Å². The number of anilines is 2. The van der Waals surface area contributed by atoms with Crippen molar-refractivity contribution in [2.24, 2.45) is 0 Å². The highest BCUT2D eigenvalue weighted by atomic mass is 35.5. The molecule has 3 aliphatic rings. The summed E-state index contributed by atoms with van der Waals surface area (Å²) in [6, 6.07) is 7.70. The van der Waals surface area contributed by atoms with Crippen LogP contribution in [0.2, 0.25) is 5.02 Å². The zero-order chi connectivity index (χ0) is 24.7. The van der Waals surface area contributed by atoms with E-state index in [1.165, 1.54) is 0 Å². The van der Waals surface area contributed by atoms with E-state index in [9.17, 15) is 4.79 Å². The molecule has 1 saturated carbocycles. The third-order valence-corrected chi connectivity index (χ3v) is 7.65. The molecule has 9 heteroatoms. The minimum absolute atomic E-state index is 0.0405. The highest BCUT2D eigenvalue weighted by Crippen LogP contribution is 2.54. The first-order chi connectivity index (χ1) is 17.6. The molecule has 0 radical (unpaired) electrons. The highest BCUT2D eigenvalue weighted by molar-refractivity contribution is 6.31. The van der Waals surface area contributed by atoms with Crippen LogP contribution in [0.15, 0.2) is 36.7 Å². The number of H-pyrrole nitrogens is 1. The quantitative estimate of drug-likeness (QED) is 0.431. The van der Waals surface area contributed by atoms with Gasteiger partial charge in [0.2, 0.25) is 0 Å². The topological polar surface area (TPSA) is 97.5 Å². The Morgan fingerprint density at radius 1 is 1.28 bits per heavy atom. The number of fused-ring (bicyclic) bond motifs is 2. The summed E-state index contributed by atoms with van der Waals surface area (Å²) in [4.78, 5) is 21.2. The summed E-state index contributed by atoms with van der Waals surface area (Å²) in [5.74, 6) is 0.525. The average Bonchev–Trinajstić information content (AvgIpc) is 3.58. The maximum absolute atomic E-state index is 13.2. The normalized spacial score (nSPS) is 20.1. The van der Waals surface area contributed by atoms with Crippen LogP contribution in [0, 0.1) is 0 Å². The van der Waals surface area contributed by atoms with Crippen molar-refractivity contribution in [2.45, 2.75) is 37.7 Å². The van der Waals surface area contributed by atoms with Gasteiger partial charge in [0.1, 0.15) is 18.5 Å². The molecule has 2 fully saturated rings. The van der Waals surface area contributed by atoms with Gasteiger partial charge < -0.3 is 29.8 Å². The number of hydrogen-bond acceptors (Lipinski definition) is 6. The van der Waals surface area contributed by atoms with E-state index in [1.54, 1.807) is 12.4 Å². The SMILES string of the molecule is CCc1c(Cl)cccc1Nc1c(-c2ccncc2OCC2COCCO2)[nH]c2c1C(=O)NCC21CC1. The Labute approximate surface area is 214 Å². The van der Waals surface area contributed by atoms with Crippen LogP contribution in [0.1, 0.15) is 41.4 Å². The molecule has 1 atom stereocenters. The van der Waals surface area contributed by atoms with Crippen LogP contribution in [0.4, 0.5) is 11.4 Å². The van der Waals surface area contributed by atoms with Gasteiger partial charge in [-0.3, -0.25) is 9.78 Å². The summed E-state index contributed by atoms with van der Waals surface area (Å²) >= 11 is 6.52. The Morgan fingerprint density at radius 3 is 2.94 bits per heavy atom. The third-order valence-electron chi connectivity index (χ3n) is 7.29. The van der Waals surface area contributed by atoms with E-state index in [0.29, 0.717) is 49.3 Å². The number of nitrogens with one attached hydrogen (secondary N) is 3. The van der Waals surface area contributed by atoms with Crippen LogP contribution in [0.3, 0.4) is 0 Å². The predicted octanol–water partition coefficient (Wildman–Crippen LogP) is 4.61. The van der Waals surface area contributed by atoms with Gasteiger partial charge in [0.15, 0.2) is 0 Å². The van der Waals surface area contributed by atoms with Crippen LogP contribution in [0.5, 0.6) is 5.75 Å². The fraction of sp³-hybridized carbons (Fsp3) is 0.407. The molecular formula is C27H29ClN4O4. The van der Waals surface area contributed by atoms with E-state index in [0.717, 1.165) is 53.2 Å². The number of ether oxygens (including phenoxy) is 3. The molecular weight excluding hydrogens is 480 g/mol. The average molecular weight is 509 g/mol. The lowest BCUT2D eigenvalue weighted by atomic mass is 9.93. The van der Waals surface area contributed by atoms with Gasteiger partial charge in [0.05, 0.1) is 43.0 Å². The first-order valence-electron chi connectivity index (χ1n) is 12.5. The molecule has 1 unspecified atom stereocenters. The zero-order valence-corrected chi connectivity index (χ0v) is 20.9. The van der Waals surface area contributed by atoms with Gasteiger partial charge in [0, 0.05) is 40.1 Å².